The molecule has 0 aliphatic rings. The van der Waals surface area contributed by atoms with Crippen molar-refractivity contribution < 1.29 is 14.7 Å². The van der Waals surface area contributed by atoms with E-state index in [4.69, 9.17) is 5.11 Å². The number of rotatable bonds is 5. The predicted molar refractivity (Wildman–Crippen MR) is 56.9 cm³/mol. The fourth-order valence-corrected chi connectivity index (χ4v) is 1.31. The molecule has 6 heteroatoms. The highest BCUT2D eigenvalue weighted by Crippen LogP contribution is 2.03. The summed E-state index contributed by atoms with van der Waals surface area (Å²) in [6, 6.07) is -0.820. The first-order chi connectivity index (χ1) is 7.54. The van der Waals surface area contributed by atoms with E-state index in [1.54, 1.807) is 13.1 Å². The van der Waals surface area contributed by atoms with Gasteiger partial charge >= 0.3 is 5.97 Å². The summed E-state index contributed by atoms with van der Waals surface area (Å²) in [4.78, 5) is 22.2. The van der Waals surface area contributed by atoms with Gasteiger partial charge in [0, 0.05) is 11.3 Å². The standard InChI is InChI=1S/C10H15N3O3/c1-3-8(10(15)16)12-9(14)4-7-5-11-13-6(7)2/h5,8H,3-4H2,1-2H3,(H,11,13)(H,12,14)(H,15,16). The Hall–Kier alpha value is -1.85. The van der Waals surface area contributed by atoms with Gasteiger partial charge in [-0.25, -0.2) is 4.79 Å². The fraction of sp³-hybridized carbons (Fsp3) is 0.500. The average Bonchev–Trinajstić information content (AvgIpc) is 2.60. The number of carboxylic acid groups (broad SMARTS) is 1. The molecule has 1 atom stereocenters. The molecular formula is C10H15N3O3. The number of aryl methyl sites for hydroxylation is 1. The molecule has 0 saturated heterocycles. The number of carboxylic acids is 1. The van der Waals surface area contributed by atoms with Crippen LogP contribution >= 0.6 is 0 Å². The van der Waals surface area contributed by atoms with Crippen LogP contribution in [0.4, 0.5) is 0 Å². The number of hydrogen-bond acceptors (Lipinski definition) is 3. The smallest absolute Gasteiger partial charge is 0.326 e. The number of nitrogens with one attached hydrogen (secondary N) is 2. The molecule has 0 fully saturated rings. The first-order valence-electron chi connectivity index (χ1n) is 5.05. The fourth-order valence-electron chi connectivity index (χ4n) is 1.31. The van der Waals surface area contributed by atoms with Gasteiger partial charge in [-0.15, -0.1) is 0 Å². The summed E-state index contributed by atoms with van der Waals surface area (Å²) in [6.07, 6.45) is 2.08. The van der Waals surface area contributed by atoms with Crippen molar-refractivity contribution in [3.63, 3.8) is 0 Å². The lowest BCUT2D eigenvalue weighted by atomic mass is 10.1. The minimum absolute atomic E-state index is 0.145. The third-order valence-electron chi connectivity index (χ3n) is 2.33. The number of aromatic amines is 1. The summed E-state index contributed by atoms with van der Waals surface area (Å²) in [5.74, 6) is -1.32. The van der Waals surface area contributed by atoms with Gasteiger partial charge in [0.25, 0.3) is 0 Å². The normalized spacial score (nSPS) is 12.1. The van der Waals surface area contributed by atoms with Crippen molar-refractivity contribution >= 4 is 11.9 Å². The second-order valence-corrected chi connectivity index (χ2v) is 3.56. The molecule has 0 spiro atoms. The Morgan fingerprint density at radius 1 is 1.62 bits per heavy atom. The molecule has 0 bridgehead atoms. The zero-order valence-corrected chi connectivity index (χ0v) is 9.28. The Labute approximate surface area is 93.1 Å². The molecule has 1 amide bonds. The van der Waals surface area contributed by atoms with Gasteiger partial charge in [0.15, 0.2) is 0 Å². The summed E-state index contributed by atoms with van der Waals surface area (Å²) in [6.45, 7) is 3.52. The van der Waals surface area contributed by atoms with Crippen LogP contribution < -0.4 is 5.32 Å². The van der Waals surface area contributed by atoms with E-state index < -0.39 is 12.0 Å². The van der Waals surface area contributed by atoms with Crippen LogP contribution in [0.15, 0.2) is 6.20 Å². The van der Waals surface area contributed by atoms with Crippen LogP contribution in [-0.2, 0) is 16.0 Å². The zero-order chi connectivity index (χ0) is 12.1. The highest BCUT2D eigenvalue weighted by Gasteiger charge is 2.18. The predicted octanol–water partition coefficient (Wildman–Crippen LogP) is 0.240. The van der Waals surface area contributed by atoms with Crippen LogP contribution in [0.25, 0.3) is 0 Å². The van der Waals surface area contributed by atoms with E-state index in [-0.39, 0.29) is 12.3 Å². The van der Waals surface area contributed by atoms with Gasteiger partial charge in [-0.05, 0) is 13.3 Å². The maximum Gasteiger partial charge on any atom is 0.326 e. The SMILES string of the molecule is CCC(NC(=O)Cc1cn[nH]c1C)C(=O)O. The first kappa shape index (κ1) is 12.2. The molecule has 1 aromatic heterocycles. The summed E-state index contributed by atoms with van der Waals surface area (Å²) < 4.78 is 0. The molecule has 1 heterocycles. The number of aromatic nitrogens is 2. The lowest BCUT2D eigenvalue weighted by molar-refractivity contribution is -0.141. The van der Waals surface area contributed by atoms with Crippen molar-refractivity contribution in [1.29, 1.82) is 0 Å². The Morgan fingerprint density at radius 2 is 2.31 bits per heavy atom. The molecule has 0 aromatic carbocycles. The molecule has 0 aliphatic heterocycles. The second-order valence-electron chi connectivity index (χ2n) is 3.56. The van der Waals surface area contributed by atoms with Crippen molar-refractivity contribution in [2.45, 2.75) is 32.7 Å². The topological polar surface area (TPSA) is 95.1 Å². The van der Waals surface area contributed by atoms with Gasteiger partial charge in [0.05, 0.1) is 12.6 Å². The minimum atomic E-state index is -1.01. The van der Waals surface area contributed by atoms with Crippen molar-refractivity contribution in [1.82, 2.24) is 15.5 Å². The van der Waals surface area contributed by atoms with Crippen LogP contribution in [0.2, 0.25) is 0 Å². The summed E-state index contributed by atoms with van der Waals surface area (Å²) in [5.41, 5.74) is 1.59. The molecule has 0 saturated carbocycles. The van der Waals surface area contributed by atoms with Crippen LogP contribution in [0, 0.1) is 6.92 Å². The molecule has 16 heavy (non-hydrogen) atoms. The van der Waals surface area contributed by atoms with Crippen molar-refractivity contribution in [3.8, 4) is 0 Å². The molecule has 88 valence electrons. The first-order valence-corrected chi connectivity index (χ1v) is 5.05. The molecule has 0 aliphatic carbocycles. The number of carbonyl (C=O) groups excluding carboxylic acids is 1. The number of H-pyrrole nitrogens is 1. The quantitative estimate of drug-likeness (QED) is 0.669. The number of nitrogens with zero attached hydrogens (tertiary/aromatic N) is 1. The van der Waals surface area contributed by atoms with Crippen molar-refractivity contribution in [2.24, 2.45) is 0 Å². The number of carbonyl (C=O) groups is 2. The maximum atomic E-state index is 11.5. The van der Waals surface area contributed by atoms with Crippen molar-refractivity contribution in [3.05, 3.63) is 17.5 Å². The third kappa shape index (κ3) is 3.08. The lowest BCUT2D eigenvalue weighted by Gasteiger charge is -2.11. The maximum absolute atomic E-state index is 11.5. The molecule has 1 unspecified atom stereocenters. The number of hydrogen-bond donors (Lipinski definition) is 3. The van der Waals surface area contributed by atoms with E-state index >= 15 is 0 Å². The van der Waals surface area contributed by atoms with Crippen LogP contribution in [-0.4, -0.2) is 33.2 Å². The monoisotopic (exact) mass is 225 g/mol. The average molecular weight is 225 g/mol. The largest absolute Gasteiger partial charge is 0.480 e. The molecule has 6 nitrogen and oxygen atoms in total. The van der Waals surface area contributed by atoms with E-state index in [0.29, 0.717) is 6.42 Å². The highest BCUT2D eigenvalue weighted by atomic mass is 16.4. The number of amides is 1. The van der Waals surface area contributed by atoms with E-state index in [2.05, 4.69) is 15.5 Å². The van der Waals surface area contributed by atoms with Crippen molar-refractivity contribution in [2.75, 3.05) is 0 Å². The highest BCUT2D eigenvalue weighted by molar-refractivity contribution is 5.84. The summed E-state index contributed by atoms with van der Waals surface area (Å²) in [7, 11) is 0. The molecule has 1 rings (SSSR count). The van der Waals surface area contributed by atoms with Gasteiger partial charge in [-0.3, -0.25) is 9.89 Å². The van der Waals surface area contributed by atoms with E-state index in [0.717, 1.165) is 11.3 Å². The van der Waals surface area contributed by atoms with Crippen LogP contribution in [0.3, 0.4) is 0 Å². The minimum Gasteiger partial charge on any atom is -0.480 e. The number of aliphatic carboxylic acids is 1. The summed E-state index contributed by atoms with van der Waals surface area (Å²) >= 11 is 0. The van der Waals surface area contributed by atoms with Crippen LogP contribution in [0.5, 0.6) is 0 Å². The Kier molecular flexibility index (Phi) is 4.04. The Balaban J connectivity index is 2.54. The van der Waals surface area contributed by atoms with Gasteiger partial charge in [-0.1, -0.05) is 6.92 Å². The summed E-state index contributed by atoms with van der Waals surface area (Å²) in [5, 5.41) is 17.7. The van der Waals surface area contributed by atoms with Crippen LogP contribution in [0.1, 0.15) is 24.6 Å². The van der Waals surface area contributed by atoms with E-state index in [1.807, 2.05) is 6.92 Å². The third-order valence-corrected chi connectivity index (χ3v) is 2.33. The zero-order valence-electron chi connectivity index (χ0n) is 9.28. The Bertz CT molecular complexity index is 386. The Morgan fingerprint density at radius 3 is 2.75 bits per heavy atom. The van der Waals surface area contributed by atoms with Gasteiger partial charge in [0.2, 0.25) is 5.91 Å². The molecule has 1 aromatic rings. The second kappa shape index (κ2) is 5.29. The van der Waals surface area contributed by atoms with E-state index in [9.17, 15) is 9.59 Å². The van der Waals surface area contributed by atoms with E-state index in [1.165, 1.54) is 0 Å². The van der Waals surface area contributed by atoms with Gasteiger partial charge < -0.3 is 10.4 Å². The van der Waals surface area contributed by atoms with Gasteiger partial charge in [-0.2, -0.15) is 5.10 Å². The molecular weight excluding hydrogens is 210 g/mol. The molecule has 3 N–H and O–H groups in total. The van der Waals surface area contributed by atoms with Gasteiger partial charge in [0.1, 0.15) is 6.04 Å². The molecule has 0 radical (unpaired) electrons. The lowest BCUT2D eigenvalue weighted by Crippen LogP contribution is -2.41.